The van der Waals surface area contributed by atoms with Crippen LogP contribution in [0.2, 0.25) is 0 Å². The van der Waals surface area contributed by atoms with Crippen LogP contribution in [0.1, 0.15) is 39.4 Å². The number of carbonyl (C=O) groups is 2. The molecule has 0 unspecified atom stereocenters. The largest absolute Gasteiger partial charge is 0.344 e. The van der Waals surface area contributed by atoms with Gasteiger partial charge in [0.05, 0.1) is 0 Å². The highest BCUT2D eigenvalue weighted by Gasteiger charge is 2.41. The van der Waals surface area contributed by atoms with Gasteiger partial charge in [-0.05, 0) is 12.5 Å². The van der Waals surface area contributed by atoms with E-state index in [1.807, 2.05) is 79.7 Å². The van der Waals surface area contributed by atoms with Crippen LogP contribution in [0.4, 0.5) is 0 Å². The zero-order valence-corrected chi connectivity index (χ0v) is 16.1. The summed E-state index contributed by atoms with van der Waals surface area (Å²) in [6.45, 7) is 2.01. The molecule has 1 heterocycles. The van der Waals surface area contributed by atoms with Crippen molar-refractivity contribution in [3.63, 3.8) is 0 Å². The molecule has 0 bridgehead atoms. The van der Waals surface area contributed by atoms with Gasteiger partial charge in [0.1, 0.15) is 11.6 Å². The van der Waals surface area contributed by atoms with Gasteiger partial charge in [-0.2, -0.15) is 0 Å². The van der Waals surface area contributed by atoms with Crippen molar-refractivity contribution in [2.75, 3.05) is 0 Å². The zero-order valence-electron chi connectivity index (χ0n) is 16.1. The number of carbonyl (C=O) groups excluding carboxylic acids is 2. The van der Waals surface area contributed by atoms with Gasteiger partial charge in [0, 0.05) is 23.5 Å². The van der Waals surface area contributed by atoms with Crippen LogP contribution in [0.3, 0.4) is 0 Å². The average molecular weight is 383 g/mol. The van der Waals surface area contributed by atoms with Gasteiger partial charge in [0.25, 0.3) is 0 Å². The van der Waals surface area contributed by atoms with Crippen molar-refractivity contribution in [2.45, 2.75) is 19.3 Å². The Hall–Kier alpha value is -3.53. The molecule has 4 heteroatoms. The fourth-order valence-corrected chi connectivity index (χ4v) is 3.70. The third-order valence-electron chi connectivity index (χ3n) is 5.26. The maximum absolute atomic E-state index is 13.0. The highest BCUT2D eigenvalue weighted by atomic mass is 16.7. The van der Waals surface area contributed by atoms with Crippen LogP contribution in [0.15, 0.2) is 90.1 Å². The highest BCUT2D eigenvalue weighted by Crippen LogP contribution is 2.36. The molecule has 1 aliphatic rings. The molecule has 0 spiro atoms. The summed E-state index contributed by atoms with van der Waals surface area (Å²) in [6, 6.07) is 26.6. The summed E-state index contributed by atoms with van der Waals surface area (Å²) in [7, 11) is 0. The smallest absolute Gasteiger partial charge is 0.317 e. The van der Waals surface area contributed by atoms with Gasteiger partial charge in [0.15, 0.2) is 5.78 Å². The fourth-order valence-electron chi connectivity index (χ4n) is 3.70. The molecule has 3 aromatic carbocycles. The van der Waals surface area contributed by atoms with E-state index in [0.29, 0.717) is 11.3 Å². The minimum atomic E-state index is -0.632. The summed E-state index contributed by atoms with van der Waals surface area (Å²) in [5, 5.41) is 4.07. The maximum atomic E-state index is 13.0. The Kier molecular flexibility index (Phi) is 5.34. The second-order valence-corrected chi connectivity index (χ2v) is 7.24. The normalized spacial score (nSPS) is 16.8. The molecule has 0 aliphatic carbocycles. The predicted octanol–water partition coefficient (Wildman–Crippen LogP) is 4.93. The predicted molar refractivity (Wildman–Crippen MR) is 112 cm³/mol. The molecule has 4 nitrogen and oxygen atoms in total. The van der Waals surface area contributed by atoms with Crippen molar-refractivity contribution in [3.05, 3.63) is 107 Å². The van der Waals surface area contributed by atoms with Gasteiger partial charge >= 0.3 is 5.97 Å². The SMILES string of the molecule is Cc1ccc([C@H](CC(=O)c2ccccc2)[C@@H]2C(=O)ON=C2c2ccccc2)cc1. The number of hydrogen-bond donors (Lipinski definition) is 0. The molecule has 3 aromatic rings. The topological polar surface area (TPSA) is 55.7 Å². The number of oxime groups is 1. The first-order valence-corrected chi connectivity index (χ1v) is 9.62. The third kappa shape index (κ3) is 4.02. The van der Waals surface area contributed by atoms with Crippen LogP contribution in [-0.2, 0) is 9.63 Å². The summed E-state index contributed by atoms with van der Waals surface area (Å²) < 4.78 is 0. The Labute approximate surface area is 169 Å². The lowest BCUT2D eigenvalue weighted by molar-refractivity contribution is -0.143. The summed E-state index contributed by atoms with van der Waals surface area (Å²) in [5.74, 6) is -1.43. The monoisotopic (exact) mass is 383 g/mol. The molecule has 0 saturated heterocycles. The Bertz CT molecular complexity index is 1040. The van der Waals surface area contributed by atoms with E-state index in [2.05, 4.69) is 5.16 Å². The minimum absolute atomic E-state index is 0.0108. The first-order chi connectivity index (χ1) is 14.1. The number of Topliss-reactive ketones (excluding diaryl/α,β-unsaturated/α-hetero) is 1. The zero-order chi connectivity index (χ0) is 20.2. The second-order valence-electron chi connectivity index (χ2n) is 7.24. The number of nitrogens with zero attached hydrogens (tertiary/aromatic N) is 1. The van der Waals surface area contributed by atoms with Crippen molar-refractivity contribution in [3.8, 4) is 0 Å². The first kappa shape index (κ1) is 18.8. The van der Waals surface area contributed by atoms with Gasteiger partial charge in [-0.15, -0.1) is 0 Å². The van der Waals surface area contributed by atoms with Crippen molar-refractivity contribution >= 4 is 17.5 Å². The van der Waals surface area contributed by atoms with Crippen molar-refractivity contribution in [1.82, 2.24) is 0 Å². The molecule has 144 valence electrons. The summed E-state index contributed by atoms with van der Waals surface area (Å²) in [6.07, 6.45) is 0.193. The lowest BCUT2D eigenvalue weighted by atomic mass is 9.77. The van der Waals surface area contributed by atoms with Crippen molar-refractivity contribution in [1.29, 1.82) is 0 Å². The Morgan fingerprint density at radius 1 is 0.931 bits per heavy atom. The van der Waals surface area contributed by atoms with Crippen molar-refractivity contribution in [2.24, 2.45) is 11.1 Å². The quantitative estimate of drug-likeness (QED) is 0.448. The minimum Gasteiger partial charge on any atom is -0.317 e. The van der Waals surface area contributed by atoms with E-state index in [0.717, 1.165) is 16.7 Å². The lowest BCUT2D eigenvalue weighted by Gasteiger charge is -2.22. The van der Waals surface area contributed by atoms with E-state index in [4.69, 9.17) is 4.84 Å². The van der Waals surface area contributed by atoms with Gasteiger partial charge < -0.3 is 4.84 Å². The Morgan fingerprint density at radius 3 is 2.21 bits per heavy atom. The molecule has 29 heavy (non-hydrogen) atoms. The van der Waals surface area contributed by atoms with E-state index < -0.39 is 11.9 Å². The molecule has 4 rings (SSSR count). The molecule has 0 amide bonds. The highest BCUT2D eigenvalue weighted by molar-refractivity contribution is 6.15. The van der Waals surface area contributed by atoms with E-state index in [1.165, 1.54) is 0 Å². The first-order valence-electron chi connectivity index (χ1n) is 9.62. The van der Waals surface area contributed by atoms with Crippen LogP contribution in [0.5, 0.6) is 0 Å². The van der Waals surface area contributed by atoms with Crippen LogP contribution < -0.4 is 0 Å². The number of aryl methyl sites for hydroxylation is 1. The number of benzene rings is 3. The Balaban J connectivity index is 1.73. The van der Waals surface area contributed by atoms with Crippen LogP contribution in [0, 0.1) is 12.8 Å². The summed E-state index contributed by atoms with van der Waals surface area (Å²) in [4.78, 5) is 30.8. The molecule has 0 saturated carbocycles. The van der Waals surface area contributed by atoms with E-state index in [1.54, 1.807) is 12.1 Å². The summed E-state index contributed by atoms with van der Waals surface area (Å²) >= 11 is 0. The maximum Gasteiger partial charge on any atom is 0.344 e. The van der Waals surface area contributed by atoms with Crippen LogP contribution in [-0.4, -0.2) is 17.5 Å². The van der Waals surface area contributed by atoms with Crippen LogP contribution >= 0.6 is 0 Å². The molecular weight excluding hydrogens is 362 g/mol. The van der Waals surface area contributed by atoms with Gasteiger partial charge in [-0.3, -0.25) is 4.79 Å². The molecule has 0 fully saturated rings. The average Bonchev–Trinajstić information content (AvgIpc) is 3.15. The van der Waals surface area contributed by atoms with E-state index in [9.17, 15) is 9.59 Å². The standard InChI is InChI=1S/C25H21NO3/c1-17-12-14-18(15-13-17)21(16-22(27)19-8-4-2-5-9-19)23-24(26-29-25(23)28)20-10-6-3-7-11-20/h2-15,21,23H,16H2,1H3/t21-,23-/m0/s1. The molecule has 0 N–H and O–H groups in total. The molecule has 0 aromatic heterocycles. The Morgan fingerprint density at radius 2 is 1.55 bits per heavy atom. The lowest BCUT2D eigenvalue weighted by Crippen LogP contribution is -2.28. The van der Waals surface area contributed by atoms with Gasteiger partial charge in [-0.1, -0.05) is 95.6 Å². The van der Waals surface area contributed by atoms with Gasteiger partial charge in [0.2, 0.25) is 0 Å². The van der Waals surface area contributed by atoms with Crippen LogP contribution in [0.25, 0.3) is 0 Å². The number of rotatable bonds is 6. The number of ketones is 1. The van der Waals surface area contributed by atoms with Crippen molar-refractivity contribution < 1.29 is 14.4 Å². The third-order valence-corrected chi connectivity index (χ3v) is 5.26. The van der Waals surface area contributed by atoms with E-state index in [-0.39, 0.29) is 18.1 Å². The number of hydrogen-bond acceptors (Lipinski definition) is 4. The summed E-state index contributed by atoms with van der Waals surface area (Å²) in [5.41, 5.74) is 4.07. The molecule has 1 aliphatic heterocycles. The molecular formula is C25H21NO3. The van der Waals surface area contributed by atoms with Gasteiger partial charge in [-0.25, -0.2) is 4.79 Å². The molecule has 2 atom stereocenters. The van der Waals surface area contributed by atoms with E-state index >= 15 is 0 Å². The fraction of sp³-hybridized carbons (Fsp3) is 0.160. The molecule has 0 radical (unpaired) electrons. The second kappa shape index (κ2) is 8.23.